The largest absolute Gasteiger partial charge is 0.341 e. The topological polar surface area (TPSA) is 37.4 Å². The molecule has 1 heterocycles. The van der Waals surface area contributed by atoms with E-state index in [4.69, 9.17) is 0 Å². The minimum Gasteiger partial charge on any atom is -0.341 e. The Morgan fingerprint density at radius 2 is 2.10 bits per heavy atom. The van der Waals surface area contributed by atoms with Crippen LogP contribution in [0.2, 0.25) is 0 Å². The third-order valence-corrected chi connectivity index (χ3v) is 4.22. The SMILES string of the molecule is CCC1CN(C(=O)Cc2cc(C)ccc2C)CCC1=O. The molecule has 1 fully saturated rings. The summed E-state index contributed by atoms with van der Waals surface area (Å²) in [7, 11) is 0. The first kappa shape index (κ1) is 14.8. The van der Waals surface area contributed by atoms with Crippen molar-refractivity contribution in [3.05, 3.63) is 34.9 Å². The molecule has 1 saturated heterocycles. The molecule has 1 aromatic rings. The van der Waals surface area contributed by atoms with Crippen LogP contribution in [-0.4, -0.2) is 29.7 Å². The molecule has 1 aromatic carbocycles. The van der Waals surface area contributed by atoms with Crippen molar-refractivity contribution in [1.82, 2.24) is 4.90 Å². The lowest BCUT2D eigenvalue weighted by Gasteiger charge is -2.31. The third kappa shape index (κ3) is 3.27. The number of carbonyl (C=O) groups excluding carboxylic acids is 2. The lowest BCUT2D eigenvalue weighted by atomic mass is 9.93. The summed E-state index contributed by atoms with van der Waals surface area (Å²) in [6.07, 6.45) is 1.78. The second-order valence-electron chi connectivity index (χ2n) is 5.77. The first-order valence-corrected chi connectivity index (χ1v) is 7.38. The number of benzene rings is 1. The van der Waals surface area contributed by atoms with Gasteiger partial charge in [-0.05, 0) is 31.4 Å². The molecule has 1 aliphatic rings. The molecule has 1 atom stereocenters. The summed E-state index contributed by atoms with van der Waals surface area (Å²) < 4.78 is 0. The van der Waals surface area contributed by atoms with Crippen LogP contribution in [0.15, 0.2) is 18.2 Å². The van der Waals surface area contributed by atoms with Crippen LogP contribution in [0, 0.1) is 19.8 Å². The Morgan fingerprint density at radius 1 is 1.35 bits per heavy atom. The van der Waals surface area contributed by atoms with E-state index in [9.17, 15) is 9.59 Å². The van der Waals surface area contributed by atoms with Gasteiger partial charge in [0, 0.05) is 25.4 Å². The van der Waals surface area contributed by atoms with Crippen molar-refractivity contribution in [2.45, 2.75) is 40.0 Å². The van der Waals surface area contributed by atoms with E-state index in [0.717, 1.165) is 17.5 Å². The average Bonchev–Trinajstić information content (AvgIpc) is 2.43. The molecule has 3 heteroatoms. The molecular weight excluding hydrogens is 250 g/mol. The zero-order valence-electron chi connectivity index (χ0n) is 12.6. The highest BCUT2D eigenvalue weighted by atomic mass is 16.2. The number of ketones is 1. The van der Waals surface area contributed by atoms with Crippen LogP contribution in [0.3, 0.4) is 0 Å². The first-order valence-electron chi connectivity index (χ1n) is 7.38. The van der Waals surface area contributed by atoms with Gasteiger partial charge in [-0.1, -0.05) is 30.7 Å². The molecule has 0 radical (unpaired) electrons. The summed E-state index contributed by atoms with van der Waals surface area (Å²) in [5.74, 6) is 0.485. The van der Waals surface area contributed by atoms with Gasteiger partial charge in [0.25, 0.3) is 0 Å². The monoisotopic (exact) mass is 273 g/mol. The molecular formula is C17H23NO2. The van der Waals surface area contributed by atoms with Gasteiger partial charge in [-0.2, -0.15) is 0 Å². The molecule has 1 amide bonds. The number of hydrogen-bond acceptors (Lipinski definition) is 2. The van der Waals surface area contributed by atoms with Crippen LogP contribution in [0.1, 0.15) is 36.5 Å². The highest BCUT2D eigenvalue weighted by Crippen LogP contribution is 2.18. The molecule has 20 heavy (non-hydrogen) atoms. The molecule has 0 bridgehead atoms. The smallest absolute Gasteiger partial charge is 0.227 e. The maximum atomic E-state index is 12.4. The maximum absolute atomic E-state index is 12.4. The molecule has 2 rings (SSSR count). The molecule has 1 aliphatic heterocycles. The van der Waals surface area contributed by atoms with E-state index < -0.39 is 0 Å². The van der Waals surface area contributed by atoms with Crippen molar-refractivity contribution in [3.63, 3.8) is 0 Å². The second kappa shape index (κ2) is 6.21. The van der Waals surface area contributed by atoms with E-state index in [-0.39, 0.29) is 11.8 Å². The van der Waals surface area contributed by atoms with Gasteiger partial charge in [0.1, 0.15) is 5.78 Å². The molecule has 0 saturated carbocycles. The van der Waals surface area contributed by atoms with Gasteiger partial charge in [-0.15, -0.1) is 0 Å². The molecule has 0 spiro atoms. The van der Waals surface area contributed by atoms with Crippen LogP contribution in [0.25, 0.3) is 0 Å². The van der Waals surface area contributed by atoms with Crippen LogP contribution in [0.4, 0.5) is 0 Å². The van der Waals surface area contributed by atoms with Gasteiger partial charge in [-0.25, -0.2) is 0 Å². The molecule has 3 nitrogen and oxygen atoms in total. The van der Waals surface area contributed by atoms with Gasteiger partial charge >= 0.3 is 0 Å². The van der Waals surface area contributed by atoms with Crippen LogP contribution >= 0.6 is 0 Å². The van der Waals surface area contributed by atoms with Crippen molar-refractivity contribution in [3.8, 4) is 0 Å². The Balaban J connectivity index is 2.05. The lowest BCUT2D eigenvalue weighted by molar-refractivity contribution is -0.136. The Bertz CT molecular complexity index is 522. The first-order chi connectivity index (χ1) is 9.51. The average molecular weight is 273 g/mol. The normalized spacial score (nSPS) is 19.2. The van der Waals surface area contributed by atoms with Gasteiger partial charge in [0.2, 0.25) is 5.91 Å². The Labute approximate surface area is 121 Å². The zero-order chi connectivity index (χ0) is 14.7. The van der Waals surface area contributed by atoms with E-state index in [0.29, 0.717) is 31.7 Å². The Morgan fingerprint density at radius 3 is 2.80 bits per heavy atom. The minimum absolute atomic E-state index is 0.0336. The van der Waals surface area contributed by atoms with E-state index in [2.05, 4.69) is 18.2 Å². The quantitative estimate of drug-likeness (QED) is 0.849. The van der Waals surface area contributed by atoms with Crippen LogP contribution in [0.5, 0.6) is 0 Å². The van der Waals surface area contributed by atoms with Crippen LogP contribution in [-0.2, 0) is 16.0 Å². The number of nitrogens with zero attached hydrogens (tertiary/aromatic N) is 1. The number of hydrogen-bond donors (Lipinski definition) is 0. The number of likely N-dealkylation sites (tertiary alicyclic amines) is 1. The van der Waals surface area contributed by atoms with Gasteiger partial charge in [0.15, 0.2) is 0 Å². The molecule has 108 valence electrons. The van der Waals surface area contributed by atoms with Crippen molar-refractivity contribution in [1.29, 1.82) is 0 Å². The lowest BCUT2D eigenvalue weighted by Crippen LogP contribution is -2.44. The summed E-state index contributed by atoms with van der Waals surface area (Å²) in [6, 6.07) is 6.21. The Hall–Kier alpha value is -1.64. The number of carbonyl (C=O) groups is 2. The maximum Gasteiger partial charge on any atom is 0.227 e. The predicted molar refractivity (Wildman–Crippen MR) is 79.6 cm³/mol. The number of aryl methyl sites for hydroxylation is 2. The zero-order valence-corrected chi connectivity index (χ0v) is 12.6. The minimum atomic E-state index is 0.0336. The third-order valence-electron chi connectivity index (χ3n) is 4.22. The summed E-state index contributed by atoms with van der Waals surface area (Å²) in [5, 5.41) is 0. The Kier molecular flexibility index (Phi) is 4.58. The van der Waals surface area contributed by atoms with Crippen molar-refractivity contribution in [2.75, 3.05) is 13.1 Å². The molecule has 0 N–H and O–H groups in total. The van der Waals surface area contributed by atoms with Gasteiger partial charge in [0.05, 0.1) is 6.42 Å². The van der Waals surface area contributed by atoms with Gasteiger partial charge < -0.3 is 4.90 Å². The fourth-order valence-electron chi connectivity index (χ4n) is 2.76. The molecule has 0 aromatic heterocycles. The predicted octanol–water partition coefficient (Wildman–Crippen LogP) is 2.67. The summed E-state index contributed by atoms with van der Waals surface area (Å²) in [6.45, 7) is 7.27. The standard InChI is InChI=1S/C17H23NO2/c1-4-14-11-18(8-7-16(14)19)17(20)10-15-9-12(2)5-6-13(15)3/h5-6,9,14H,4,7-8,10-11H2,1-3H3. The molecule has 0 aliphatic carbocycles. The van der Waals surface area contributed by atoms with Crippen molar-refractivity contribution < 1.29 is 9.59 Å². The highest BCUT2D eigenvalue weighted by molar-refractivity contribution is 5.86. The fourth-order valence-corrected chi connectivity index (χ4v) is 2.76. The van der Waals surface area contributed by atoms with Crippen molar-refractivity contribution >= 4 is 11.7 Å². The summed E-state index contributed by atoms with van der Waals surface area (Å²) >= 11 is 0. The van der Waals surface area contributed by atoms with E-state index in [1.165, 1.54) is 5.56 Å². The fraction of sp³-hybridized carbons (Fsp3) is 0.529. The highest BCUT2D eigenvalue weighted by Gasteiger charge is 2.28. The van der Waals surface area contributed by atoms with Crippen LogP contribution < -0.4 is 0 Å². The number of Topliss-reactive ketones (excluding diaryl/α,β-unsaturated/α-hetero) is 1. The van der Waals surface area contributed by atoms with Gasteiger partial charge in [-0.3, -0.25) is 9.59 Å². The van der Waals surface area contributed by atoms with E-state index >= 15 is 0 Å². The summed E-state index contributed by atoms with van der Waals surface area (Å²) in [5.41, 5.74) is 3.43. The van der Waals surface area contributed by atoms with E-state index in [1.807, 2.05) is 25.7 Å². The van der Waals surface area contributed by atoms with E-state index in [1.54, 1.807) is 0 Å². The number of amides is 1. The number of piperidine rings is 1. The number of rotatable bonds is 3. The molecule has 1 unspecified atom stereocenters. The van der Waals surface area contributed by atoms with Crippen molar-refractivity contribution in [2.24, 2.45) is 5.92 Å². The summed E-state index contributed by atoms with van der Waals surface area (Å²) in [4.78, 5) is 26.0. The second-order valence-corrected chi connectivity index (χ2v) is 5.77.